The fraction of sp³-hybridized carbons (Fsp3) is 0.538. The summed E-state index contributed by atoms with van der Waals surface area (Å²) in [7, 11) is 0. The lowest BCUT2D eigenvalue weighted by molar-refractivity contribution is -0.141. The molecule has 1 aliphatic rings. The van der Waals surface area contributed by atoms with E-state index in [0.717, 1.165) is 25.3 Å². The van der Waals surface area contributed by atoms with Crippen LogP contribution in [0.2, 0.25) is 0 Å². The van der Waals surface area contributed by atoms with Crippen LogP contribution in [0.15, 0.2) is 12.1 Å². The largest absolute Gasteiger partial charge is 0.478 e. The fourth-order valence-corrected chi connectivity index (χ4v) is 2.19. The standard InChI is InChI=1S/C13H15F3N2O2/c1-2-3-7-6-9(7)17-11-8(12(19)20)4-5-10(18-11)13(14,15)16/h4-5,7,9H,2-3,6H2,1H3,(H,17,18)(H,19,20). The number of aromatic carboxylic acids is 1. The summed E-state index contributed by atoms with van der Waals surface area (Å²) in [4.78, 5) is 14.5. The van der Waals surface area contributed by atoms with Gasteiger partial charge in [-0.1, -0.05) is 13.3 Å². The fourth-order valence-electron chi connectivity index (χ4n) is 2.19. The van der Waals surface area contributed by atoms with E-state index in [-0.39, 0.29) is 17.4 Å². The van der Waals surface area contributed by atoms with Crippen LogP contribution < -0.4 is 5.32 Å². The molecule has 1 heterocycles. The Hall–Kier alpha value is -1.79. The molecule has 20 heavy (non-hydrogen) atoms. The van der Waals surface area contributed by atoms with Crippen molar-refractivity contribution in [3.63, 3.8) is 0 Å². The molecule has 0 aromatic carbocycles. The maximum atomic E-state index is 12.6. The van der Waals surface area contributed by atoms with Crippen LogP contribution in [0.25, 0.3) is 0 Å². The van der Waals surface area contributed by atoms with Gasteiger partial charge in [0.2, 0.25) is 0 Å². The second-order valence-electron chi connectivity index (χ2n) is 4.93. The second kappa shape index (κ2) is 5.30. The maximum absolute atomic E-state index is 12.6. The number of nitrogens with one attached hydrogen (secondary N) is 1. The van der Waals surface area contributed by atoms with Gasteiger partial charge in [0.15, 0.2) is 0 Å². The summed E-state index contributed by atoms with van der Waals surface area (Å²) in [6.45, 7) is 2.03. The van der Waals surface area contributed by atoms with E-state index in [4.69, 9.17) is 5.11 Å². The Morgan fingerprint density at radius 2 is 2.20 bits per heavy atom. The molecule has 1 aromatic rings. The Balaban J connectivity index is 2.22. The third-order valence-electron chi connectivity index (χ3n) is 3.32. The van der Waals surface area contributed by atoms with Gasteiger partial charge in [0.05, 0.1) is 0 Å². The molecule has 1 aliphatic carbocycles. The molecular formula is C13H15F3N2O2. The van der Waals surface area contributed by atoms with Gasteiger partial charge < -0.3 is 10.4 Å². The molecule has 2 atom stereocenters. The highest BCUT2D eigenvalue weighted by molar-refractivity contribution is 5.93. The van der Waals surface area contributed by atoms with Gasteiger partial charge in [-0.2, -0.15) is 13.2 Å². The third kappa shape index (κ3) is 3.20. The van der Waals surface area contributed by atoms with Crippen LogP contribution in [-0.4, -0.2) is 22.1 Å². The predicted molar refractivity (Wildman–Crippen MR) is 66.6 cm³/mol. The lowest BCUT2D eigenvalue weighted by Crippen LogP contribution is -2.16. The molecule has 0 bridgehead atoms. The van der Waals surface area contributed by atoms with Crippen molar-refractivity contribution in [1.82, 2.24) is 4.98 Å². The lowest BCUT2D eigenvalue weighted by atomic mass is 10.2. The number of hydrogen-bond acceptors (Lipinski definition) is 3. The minimum absolute atomic E-state index is 0.0176. The summed E-state index contributed by atoms with van der Waals surface area (Å²) in [5.74, 6) is -1.10. The van der Waals surface area contributed by atoms with Crippen LogP contribution >= 0.6 is 0 Å². The minimum atomic E-state index is -4.58. The van der Waals surface area contributed by atoms with Gasteiger partial charge >= 0.3 is 12.1 Å². The summed E-state index contributed by atoms with van der Waals surface area (Å²) >= 11 is 0. The van der Waals surface area contributed by atoms with Gasteiger partial charge in [-0.05, 0) is 30.9 Å². The average Bonchev–Trinajstić information content (AvgIpc) is 3.06. The molecule has 0 aliphatic heterocycles. The highest BCUT2D eigenvalue weighted by Gasteiger charge is 2.38. The van der Waals surface area contributed by atoms with Gasteiger partial charge in [-0.25, -0.2) is 9.78 Å². The summed E-state index contributed by atoms with van der Waals surface area (Å²) in [5.41, 5.74) is -1.32. The number of hydrogen-bond donors (Lipinski definition) is 2. The Labute approximate surface area is 114 Å². The molecule has 2 unspecified atom stereocenters. The number of carbonyl (C=O) groups is 1. The molecule has 0 amide bonds. The highest BCUT2D eigenvalue weighted by atomic mass is 19.4. The topological polar surface area (TPSA) is 62.2 Å². The van der Waals surface area contributed by atoms with Crippen molar-refractivity contribution in [2.75, 3.05) is 5.32 Å². The van der Waals surface area contributed by atoms with Crippen molar-refractivity contribution in [3.8, 4) is 0 Å². The first kappa shape index (κ1) is 14.6. The SMILES string of the molecule is CCCC1CC1Nc1nc(C(F)(F)F)ccc1C(=O)O. The number of aromatic nitrogens is 1. The molecule has 2 rings (SSSR count). The number of rotatable bonds is 5. The zero-order chi connectivity index (χ0) is 14.9. The van der Waals surface area contributed by atoms with E-state index < -0.39 is 17.8 Å². The van der Waals surface area contributed by atoms with E-state index >= 15 is 0 Å². The smallest absolute Gasteiger partial charge is 0.433 e. The maximum Gasteiger partial charge on any atom is 0.433 e. The second-order valence-corrected chi connectivity index (χ2v) is 4.93. The van der Waals surface area contributed by atoms with Crippen molar-refractivity contribution in [2.45, 2.75) is 38.4 Å². The lowest BCUT2D eigenvalue weighted by Gasteiger charge is -2.12. The Bertz CT molecular complexity index is 517. The predicted octanol–water partition coefficient (Wildman–Crippen LogP) is 3.40. The van der Waals surface area contributed by atoms with E-state index in [1.165, 1.54) is 0 Å². The van der Waals surface area contributed by atoms with Gasteiger partial charge in [-0.3, -0.25) is 0 Å². The molecule has 2 N–H and O–H groups in total. The molecule has 1 fully saturated rings. The average molecular weight is 288 g/mol. The molecule has 1 aromatic heterocycles. The molecule has 7 heteroatoms. The van der Waals surface area contributed by atoms with Crippen molar-refractivity contribution < 1.29 is 23.1 Å². The van der Waals surface area contributed by atoms with E-state index in [9.17, 15) is 18.0 Å². The van der Waals surface area contributed by atoms with Crippen LogP contribution in [0.5, 0.6) is 0 Å². The number of alkyl halides is 3. The van der Waals surface area contributed by atoms with Crippen molar-refractivity contribution in [1.29, 1.82) is 0 Å². The zero-order valence-corrected chi connectivity index (χ0v) is 10.9. The number of carboxylic acid groups (broad SMARTS) is 1. The van der Waals surface area contributed by atoms with Crippen LogP contribution in [0.1, 0.15) is 42.2 Å². The van der Waals surface area contributed by atoms with Crippen LogP contribution in [-0.2, 0) is 6.18 Å². The monoisotopic (exact) mass is 288 g/mol. The van der Waals surface area contributed by atoms with Crippen LogP contribution in [0.4, 0.5) is 19.0 Å². The summed E-state index contributed by atoms with van der Waals surface area (Å²) in [5, 5.41) is 11.8. The van der Waals surface area contributed by atoms with Crippen LogP contribution in [0, 0.1) is 5.92 Å². The number of nitrogens with zero attached hydrogens (tertiary/aromatic N) is 1. The zero-order valence-electron chi connectivity index (χ0n) is 10.9. The first-order valence-corrected chi connectivity index (χ1v) is 6.41. The first-order chi connectivity index (χ1) is 9.32. The number of pyridine rings is 1. The molecule has 0 spiro atoms. The Kier molecular flexibility index (Phi) is 3.87. The van der Waals surface area contributed by atoms with Crippen LogP contribution in [0.3, 0.4) is 0 Å². The Morgan fingerprint density at radius 3 is 2.75 bits per heavy atom. The third-order valence-corrected chi connectivity index (χ3v) is 3.32. The molecule has 0 saturated heterocycles. The van der Waals surface area contributed by atoms with Gasteiger partial charge in [0.25, 0.3) is 0 Å². The first-order valence-electron chi connectivity index (χ1n) is 6.41. The van der Waals surface area contributed by atoms with E-state index in [2.05, 4.69) is 10.3 Å². The molecule has 0 radical (unpaired) electrons. The summed E-state index contributed by atoms with van der Waals surface area (Å²) in [6, 6.07) is 1.65. The summed E-state index contributed by atoms with van der Waals surface area (Å²) in [6.07, 6.45) is -1.78. The van der Waals surface area contributed by atoms with E-state index in [1.54, 1.807) is 0 Å². The Morgan fingerprint density at radius 1 is 1.50 bits per heavy atom. The molecule has 1 saturated carbocycles. The number of carboxylic acids is 1. The summed E-state index contributed by atoms with van der Waals surface area (Å²) < 4.78 is 37.8. The molecular weight excluding hydrogens is 273 g/mol. The van der Waals surface area contributed by atoms with Crippen molar-refractivity contribution in [2.24, 2.45) is 5.92 Å². The number of halogens is 3. The highest BCUT2D eigenvalue weighted by Crippen LogP contribution is 2.38. The van der Waals surface area contributed by atoms with Crippen molar-refractivity contribution >= 4 is 11.8 Å². The van der Waals surface area contributed by atoms with Crippen molar-refractivity contribution in [3.05, 3.63) is 23.4 Å². The van der Waals surface area contributed by atoms with Gasteiger partial charge in [0, 0.05) is 6.04 Å². The molecule has 110 valence electrons. The number of anilines is 1. The quantitative estimate of drug-likeness (QED) is 0.871. The normalized spacial score (nSPS) is 21.6. The van der Waals surface area contributed by atoms with E-state index in [1.807, 2.05) is 6.92 Å². The van der Waals surface area contributed by atoms with Gasteiger partial charge in [0.1, 0.15) is 17.1 Å². The molecule has 4 nitrogen and oxygen atoms in total. The minimum Gasteiger partial charge on any atom is -0.478 e. The van der Waals surface area contributed by atoms with E-state index in [0.29, 0.717) is 12.0 Å². The van der Waals surface area contributed by atoms with Gasteiger partial charge in [-0.15, -0.1) is 0 Å².